The molecule has 366 valence electrons. The summed E-state index contributed by atoms with van der Waals surface area (Å²) in [4.78, 5) is 6.50. The maximum atomic E-state index is 11.2. The smallest absolute Gasteiger partial charge is 0.152 e. The zero-order chi connectivity index (χ0) is 52.5. The number of hydrogen-bond donors (Lipinski definition) is 0. The number of ether oxygens (including phenoxy) is 3. The van der Waals surface area contributed by atoms with E-state index >= 15 is 0 Å². The van der Waals surface area contributed by atoms with E-state index in [1.165, 1.54) is 0 Å². The van der Waals surface area contributed by atoms with E-state index in [0.717, 1.165) is 67.9 Å². The summed E-state index contributed by atoms with van der Waals surface area (Å²) in [6, 6.07) is 79.2. The molecule has 0 radical (unpaired) electrons. The van der Waals surface area contributed by atoms with Crippen LogP contribution in [-0.2, 0) is 0 Å². The Morgan fingerprint density at radius 2 is 0.526 bits per heavy atom. The monoisotopic (exact) mass is 1000 g/mol. The van der Waals surface area contributed by atoms with Crippen LogP contribution in [0.2, 0.25) is 0 Å². The zero-order valence-electron chi connectivity index (χ0n) is 41.7. The molecule has 9 nitrogen and oxygen atoms in total. The summed E-state index contributed by atoms with van der Waals surface area (Å²) in [5, 5.41) is 33.5. The Balaban J connectivity index is 0.923. The molecule has 3 aliphatic rings. The molecule has 0 atom stereocenters. The van der Waals surface area contributed by atoms with Gasteiger partial charge in [-0.25, -0.2) is 0 Å². The van der Waals surface area contributed by atoms with Gasteiger partial charge in [0, 0.05) is 33.8 Å². The summed E-state index contributed by atoms with van der Waals surface area (Å²) in [5.41, 5.74) is 12.2. The molecular formula is C69H42N6O3. The molecule has 0 amide bonds. The van der Waals surface area contributed by atoms with Gasteiger partial charge in [0.05, 0.1) is 50.8 Å². The van der Waals surface area contributed by atoms with E-state index < -0.39 is 0 Å². The van der Waals surface area contributed by atoms with E-state index in [1.54, 1.807) is 18.2 Å². The van der Waals surface area contributed by atoms with Crippen LogP contribution in [0, 0.1) is 34.0 Å². The molecule has 3 aliphatic heterocycles. The predicted molar refractivity (Wildman–Crippen MR) is 311 cm³/mol. The predicted octanol–water partition coefficient (Wildman–Crippen LogP) is 18.5. The van der Waals surface area contributed by atoms with Crippen LogP contribution in [0.15, 0.2) is 218 Å². The van der Waals surface area contributed by atoms with Gasteiger partial charge >= 0.3 is 0 Å². The van der Waals surface area contributed by atoms with Crippen molar-refractivity contribution in [3.8, 4) is 52.7 Å². The molecule has 0 saturated carbocycles. The second-order valence-electron chi connectivity index (χ2n) is 18.6. The molecule has 0 spiro atoms. The molecule has 0 bridgehead atoms. The summed E-state index contributed by atoms with van der Waals surface area (Å²) in [6.07, 6.45) is 11.0. The van der Waals surface area contributed by atoms with Crippen LogP contribution in [0.5, 0.6) is 34.5 Å². The van der Waals surface area contributed by atoms with E-state index in [-0.39, 0.29) is 16.7 Å². The van der Waals surface area contributed by atoms with E-state index in [9.17, 15) is 15.8 Å². The number of para-hydroxylation sites is 9. The normalized spacial score (nSPS) is 12.7. The Morgan fingerprint density at radius 1 is 0.269 bits per heavy atom. The van der Waals surface area contributed by atoms with Gasteiger partial charge in [-0.3, -0.25) is 0 Å². The highest BCUT2D eigenvalue weighted by Crippen LogP contribution is 2.53. The lowest BCUT2D eigenvalue weighted by molar-refractivity contribution is 0.476. The fourth-order valence-corrected chi connectivity index (χ4v) is 10.4. The van der Waals surface area contributed by atoms with E-state index in [0.29, 0.717) is 51.2 Å². The molecule has 0 aromatic heterocycles. The number of rotatable bonds is 9. The average Bonchev–Trinajstić information content (AvgIpc) is 3.58. The molecule has 0 aliphatic carbocycles. The van der Waals surface area contributed by atoms with Gasteiger partial charge in [-0.1, -0.05) is 146 Å². The Labute approximate surface area is 451 Å². The Hall–Kier alpha value is -11.3. The van der Waals surface area contributed by atoms with Gasteiger partial charge in [0.2, 0.25) is 0 Å². The topological polar surface area (TPSA) is 109 Å². The van der Waals surface area contributed by atoms with Crippen LogP contribution >= 0.6 is 0 Å². The van der Waals surface area contributed by atoms with Crippen molar-refractivity contribution >= 4 is 87.6 Å². The lowest BCUT2D eigenvalue weighted by Crippen LogP contribution is -2.15. The van der Waals surface area contributed by atoms with Crippen LogP contribution in [0.4, 0.5) is 51.2 Å². The van der Waals surface area contributed by atoms with Crippen molar-refractivity contribution in [2.75, 3.05) is 14.7 Å². The third-order valence-electron chi connectivity index (χ3n) is 14.0. The number of fused-ring (bicyclic) bond motifs is 6. The molecule has 10 aromatic carbocycles. The van der Waals surface area contributed by atoms with Crippen molar-refractivity contribution in [2.24, 2.45) is 0 Å². The van der Waals surface area contributed by atoms with Gasteiger partial charge in [-0.2, -0.15) is 15.8 Å². The standard InChI is InChI=1S/C69H42N6O3/c70-43-55-52(34-28-46-31-37-61-67(40-46)76-64-25-13-10-22-58(64)73(61)49-16-4-1-5-17-49)56(44-71)54(36-30-48-33-39-63-69(42-48)78-66-27-15-12-24-60(66)75(63)51-20-8-3-9-21-51)57(45-72)53(55)35-29-47-32-38-62-68(41-47)77-65-26-14-11-23-59(65)74(62)50-18-6-2-7-19-50/h1-42H/b34-28+,35-29+,36-30+. The molecule has 0 N–H and O–H groups in total. The van der Waals surface area contributed by atoms with Crippen molar-refractivity contribution in [3.63, 3.8) is 0 Å². The molecule has 3 heterocycles. The molecule has 78 heavy (non-hydrogen) atoms. The first kappa shape index (κ1) is 46.5. The number of benzene rings is 10. The minimum Gasteiger partial charge on any atom is -0.453 e. The SMILES string of the molecule is N#Cc1c(/C=C/c2ccc3c(c2)Oc2ccccc2N3c2ccccc2)c(C#N)c(/C=C/c2ccc3c(c2)Oc2ccccc2N3c2ccccc2)c(C#N)c1/C=C/c1ccc2c(c1)Oc1ccccc1N2c1ccccc1. The summed E-state index contributed by atoms with van der Waals surface area (Å²) >= 11 is 0. The van der Waals surface area contributed by atoms with Crippen LogP contribution in [0.3, 0.4) is 0 Å². The Bertz CT molecular complexity index is 3790. The highest BCUT2D eigenvalue weighted by Gasteiger charge is 2.29. The Morgan fingerprint density at radius 3 is 0.808 bits per heavy atom. The van der Waals surface area contributed by atoms with Crippen molar-refractivity contribution in [2.45, 2.75) is 0 Å². The van der Waals surface area contributed by atoms with Crippen LogP contribution in [0.1, 0.15) is 50.1 Å². The van der Waals surface area contributed by atoms with Crippen molar-refractivity contribution < 1.29 is 14.2 Å². The van der Waals surface area contributed by atoms with E-state index in [2.05, 4.69) is 69.3 Å². The van der Waals surface area contributed by atoms with Crippen molar-refractivity contribution in [3.05, 3.63) is 268 Å². The molecule has 0 unspecified atom stereocenters. The second-order valence-corrected chi connectivity index (χ2v) is 18.6. The summed E-state index contributed by atoms with van der Waals surface area (Å²) in [7, 11) is 0. The van der Waals surface area contributed by atoms with Crippen molar-refractivity contribution in [1.82, 2.24) is 0 Å². The molecule has 9 heteroatoms. The first-order valence-electron chi connectivity index (χ1n) is 25.3. The quantitative estimate of drug-likeness (QED) is 0.131. The van der Waals surface area contributed by atoms with Gasteiger partial charge in [0.1, 0.15) is 18.2 Å². The maximum absolute atomic E-state index is 11.2. The second kappa shape index (κ2) is 19.8. The zero-order valence-corrected chi connectivity index (χ0v) is 41.7. The largest absolute Gasteiger partial charge is 0.453 e. The van der Waals surface area contributed by atoms with Gasteiger partial charge < -0.3 is 28.9 Å². The summed E-state index contributed by atoms with van der Waals surface area (Å²) in [5.74, 6) is 4.05. The van der Waals surface area contributed by atoms with Gasteiger partial charge in [0.25, 0.3) is 0 Å². The van der Waals surface area contributed by atoms with E-state index in [4.69, 9.17) is 14.2 Å². The minimum atomic E-state index is 0.173. The number of nitrogens with zero attached hydrogens (tertiary/aromatic N) is 6. The fourth-order valence-electron chi connectivity index (χ4n) is 10.4. The lowest BCUT2D eigenvalue weighted by Gasteiger charge is -2.33. The van der Waals surface area contributed by atoms with Crippen LogP contribution in [0.25, 0.3) is 36.5 Å². The van der Waals surface area contributed by atoms with E-state index in [1.807, 2.05) is 200 Å². The number of anilines is 9. The molecule has 0 saturated heterocycles. The van der Waals surface area contributed by atoms with Gasteiger partial charge in [-0.05, 0) is 126 Å². The molecule has 10 aromatic rings. The van der Waals surface area contributed by atoms with Crippen LogP contribution < -0.4 is 28.9 Å². The fraction of sp³-hybridized carbons (Fsp3) is 0. The maximum Gasteiger partial charge on any atom is 0.152 e. The molecular weight excluding hydrogens is 961 g/mol. The van der Waals surface area contributed by atoms with Crippen LogP contribution in [-0.4, -0.2) is 0 Å². The third kappa shape index (κ3) is 8.31. The first-order chi connectivity index (χ1) is 38.5. The summed E-state index contributed by atoms with van der Waals surface area (Å²) < 4.78 is 19.6. The first-order valence-corrected chi connectivity index (χ1v) is 25.3. The Kier molecular flexibility index (Phi) is 11.8. The average molecular weight is 1000 g/mol. The highest BCUT2D eigenvalue weighted by atomic mass is 16.5. The van der Waals surface area contributed by atoms with Gasteiger partial charge in [0.15, 0.2) is 34.5 Å². The molecule has 0 fully saturated rings. The van der Waals surface area contributed by atoms with Crippen molar-refractivity contribution in [1.29, 1.82) is 15.8 Å². The highest BCUT2D eigenvalue weighted by molar-refractivity contribution is 5.94. The number of nitriles is 3. The van der Waals surface area contributed by atoms with Gasteiger partial charge in [-0.15, -0.1) is 0 Å². The molecule has 13 rings (SSSR count). The lowest BCUT2D eigenvalue weighted by atomic mass is 9.86. The third-order valence-corrected chi connectivity index (χ3v) is 14.0. The summed E-state index contributed by atoms with van der Waals surface area (Å²) in [6.45, 7) is 0. The number of hydrogen-bond acceptors (Lipinski definition) is 9. The minimum absolute atomic E-state index is 0.173.